The molecule has 1 fully saturated rings. The van der Waals surface area contributed by atoms with Gasteiger partial charge in [0.2, 0.25) is 0 Å². The van der Waals surface area contributed by atoms with Crippen molar-refractivity contribution < 1.29 is 17.9 Å². The summed E-state index contributed by atoms with van der Waals surface area (Å²) < 4.78 is 43.7. The third-order valence-corrected chi connectivity index (χ3v) is 5.22. The van der Waals surface area contributed by atoms with Gasteiger partial charge in [-0.15, -0.1) is 11.3 Å². The van der Waals surface area contributed by atoms with Gasteiger partial charge in [0.15, 0.2) is 5.01 Å². The van der Waals surface area contributed by atoms with E-state index in [4.69, 9.17) is 4.74 Å². The van der Waals surface area contributed by atoms with E-state index in [9.17, 15) is 13.2 Å². The molecule has 7 heteroatoms. The molecule has 21 heavy (non-hydrogen) atoms. The van der Waals surface area contributed by atoms with Crippen molar-refractivity contribution in [3.05, 3.63) is 16.1 Å². The summed E-state index contributed by atoms with van der Waals surface area (Å²) in [5.74, 6) is 0.387. The number of alkyl halides is 3. The number of methoxy groups -OCH3 is 1. The summed E-state index contributed by atoms with van der Waals surface area (Å²) in [6, 6.07) is -0.244. The molecule has 0 radical (unpaired) electrons. The minimum absolute atomic E-state index is 0.114. The van der Waals surface area contributed by atoms with Crippen LogP contribution >= 0.6 is 11.3 Å². The van der Waals surface area contributed by atoms with Crippen LogP contribution in [0.15, 0.2) is 6.20 Å². The van der Waals surface area contributed by atoms with Crippen molar-refractivity contribution in [2.45, 2.75) is 50.4 Å². The van der Waals surface area contributed by atoms with Gasteiger partial charge in [0.1, 0.15) is 0 Å². The number of nitrogens with one attached hydrogen (secondary N) is 1. The third kappa shape index (κ3) is 3.96. The molecule has 0 aromatic carbocycles. The molecule has 0 aliphatic heterocycles. The van der Waals surface area contributed by atoms with Gasteiger partial charge in [-0.3, -0.25) is 0 Å². The predicted octanol–water partition coefficient (Wildman–Crippen LogP) is 4.02. The second-order valence-electron chi connectivity index (χ2n) is 5.43. The molecular formula is C14H21F3N2OS. The SMILES string of the molecule is CNC(c1cnc(C(F)(F)F)s1)C(OC)C1CCCCC1. The molecule has 2 atom stereocenters. The van der Waals surface area contributed by atoms with E-state index in [0.29, 0.717) is 22.1 Å². The monoisotopic (exact) mass is 322 g/mol. The second-order valence-corrected chi connectivity index (χ2v) is 6.49. The highest BCUT2D eigenvalue weighted by Gasteiger charge is 2.37. The summed E-state index contributed by atoms with van der Waals surface area (Å²) in [6.45, 7) is 0. The molecule has 1 aliphatic rings. The molecule has 1 aromatic heterocycles. The normalized spacial score (nSPS) is 20.4. The molecule has 0 bridgehead atoms. The Balaban J connectivity index is 2.18. The van der Waals surface area contributed by atoms with Crippen molar-refractivity contribution in [2.75, 3.05) is 14.2 Å². The molecule has 1 aliphatic carbocycles. The molecule has 3 nitrogen and oxygen atoms in total. The fourth-order valence-electron chi connectivity index (χ4n) is 3.09. The summed E-state index contributed by atoms with van der Waals surface area (Å²) >= 11 is 0.702. The maximum atomic E-state index is 12.7. The van der Waals surface area contributed by atoms with Crippen LogP contribution in [0.4, 0.5) is 13.2 Å². The van der Waals surface area contributed by atoms with Crippen LogP contribution < -0.4 is 5.32 Å². The van der Waals surface area contributed by atoms with Crippen LogP contribution in [0.2, 0.25) is 0 Å². The molecule has 0 amide bonds. The number of nitrogens with zero attached hydrogens (tertiary/aromatic N) is 1. The summed E-state index contributed by atoms with van der Waals surface area (Å²) in [5.41, 5.74) is 0. The average Bonchev–Trinajstić information content (AvgIpc) is 2.95. The molecule has 2 unspecified atom stereocenters. The number of thiazole rings is 1. The van der Waals surface area contributed by atoms with E-state index >= 15 is 0 Å². The molecule has 1 N–H and O–H groups in total. The van der Waals surface area contributed by atoms with Crippen LogP contribution in [0, 0.1) is 5.92 Å². The van der Waals surface area contributed by atoms with Gasteiger partial charge in [0.25, 0.3) is 0 Å². The van der Waals surface area contributed by atoms with Crippen molar-refractivity contribution in [1.29, 1.82) is 0 Å². The van der Waals surface area contributed by atoms with Gasteiger partial charge in [0.05, 0.1) is 12.1 Å². The Morgan fingerprint density at radius 2 is 2.00 bits per heavy atom. The minimum Gasteiger partial charge on any atom is -0.379 e. The van der Waals surface area contributed by atoms with E-state index in [-0.39, 0.29) is 12.1 Å². The smallest absolute Gasteiger partial charge is 0.379 e. The number of halogens is 3. The van der Waals surface area contributed by atoms with Crippen LogP contribution in [0.1, 0.15) is 48.0 Å². The third-order valence-electron chi connectivity index (χ3n) is 4.10. The Kier molecular flexibility index (Phi) is 5.62. The van der Waals surface area contributed by atoms with E-state index in [2.05, 4.69) is 10.3 Å². The molecular weight excluding hydrogens is 301 g/mol. The van der Waals surface area contributed by atoms with Crippen LogP contribution in [-0.2, 0) is 10.9 Å². The average molecular weight is 322 g/mol. The number of ether oxygens (including phenoxy) is 1. The molecule has 0 saturated heterocycles. The lowest BCUT2D eigenvalue weighted by atomic mass is 9.82. The Hall–Kier alpha value is -0.660. The Labute approximate surface area is 126 Å². The van der Waals surface area contributed by atoms with Crippen molar-refractivity contribution >= 4 is 11.3 Å². The van der Waals surface area contributed by atoms with E-state index in [0.717, 1.165) is 25.7 Å². The first-order chi connectivity index (χ1) is 9.97. The first kappa shape index (κ1) is 16.7. The Morgan fingerprint density at radius 3 is 2.48 bits per heavy atom. The van der Waals surface area contributed by atoms with Crippen LogP contribution in [-0.4, -0.2) is 25.2 Å². The lowest BCUT2D eigenvalue weighted by molar-refractivity contribution is -0.137. The topological polar surface area (TPSA) is 34.2 Å². The largest absolute Gasteiger partial charge is 0.443 e. The first-order valence-corrected chi connectivity index (χ1v) is 8.02. The fourth-order valence-corrected chi connectivity index (χ4v) is 4.02. The fraction of sp³-hybridized carbons (Fsp3) is 0.786. The van der Waals surface area contributed by atoms with Gasteiger partial charge in [-0.1, -0.05) is 19.3 Å². The summed E-state index contributed by atoms with van der Waals surface area (Å²) in [4.78, 5) is 4.10. The molecule has 1 saturated carbocycles. The Morgan fingerprint density at radius 1 is 1.33 bits per heavy atom. The first-order valence-electron chi connectivity index (χ1n) is 7.20. The lowest BCUT2D eigenvalue weighted by Gasteiger charge is -2.34. The standard InChI is InChI=1S/C14H21F3N2OS/c1-18-11(10-8-19-13(21-10)14(15,16)17)12(20-2)9-6-4-3-5-7-9/h8-9,11-12,18H,3-7H2,1-2H3. The molecule has 0 spiro atoms. The zero-order chi connectivity index (χ0) is 15.5. The van der Waals surface area contributed by atoms with Crippen molar-refractivity contribution in [3.8, 4) is 0 Å². The molecule has 1 aromatic rings. The Bertz CT molecular complexity index is 444. The maximum absolute atomic E-state index is 12.7. The second kappa shape index (κ2) is 7.07. The van der Waals surface area contributed by atoms with Gasteiger partial charge in [0, 0.05) is 18.2 Å². The summed E-state index contributed by atoms with van der Waals surface area (Å²) in [6.07, 6.45) is 2.53. The number of hydrogen-bond acceptors (Lipinski definition) is 4. The summed E-state index contributed by atoms with van der Waals surface area (Å²) in [5, 5.41) is 2.31. The zero-order valence-corrected chi connectivity index (χ0v) is 13.1. The van der Waals surface area contributed by atoms with Gasteiger partial charge in [-0.05, 0) is 25.8 Å². The van der Waals surface area contributed by atoms with Crippen molar-refractivity contribution in [1.82, 2.24) is 10.3 Å². The number of likely N-dealkylation sites (N-methyl/N-ethyl adjacent to an activating group) is 1. The number of rotatable bonds is 5. The van der Waals surface area contributed by atoms with Crippen molar-refractivity contribution in [3.63, 3.8) is 0 Å². The van der Waals surface area contributed by atoms with Gasteiger partial charge >= 0.3 is 6.18 Å². The van der Waals surface area contributed by atoms with Crippen LogP contribution in [0.3, 0.4) is 0 Å². The van der Waals surface area contributed by atoms with Crippen molar-refractivity contribution in [2.24, 2.45) is 5.92 Å². The number of hydrogen-bond donors (Lipinski definition) is 1. The van der Waals surface area contributed by atoms with Crippen LogP contribution in [0.25, 0.3) is 0 Å². The highest BCUT2D eigenvalue weighted by Crippen LogP contribution is 2.38. The quantitative estimate of drug-likeness (QED) is 0.889. The molecule has 2 rings (SSSR count). The maximum Gasteiger partial charge on any atom is 0.443 e. The van der Waals surface area contributed by atoms with E-state index in [1.54, 1.807) is 14.2 Å². The van der Waals surface area contributed by atoms with Gasteiger partial charge < -0.3 is 10.1 Å². The summed E-state index contributed by atoms with van der Waals surface area (Å²) in [7, 11) is 3.39. The zero-order valence-electron chi connectivity index (χ0n) is 12.2. The predicted molar refractivity (Wildman–Crippen MR) is 76.3 cm³/mol. The lowest BCUT2D eigenvalue weighted by Crippen LogP contribution is -2.37. The highest BCUT2D eigenvalue weighted by atomic mass is 32.1. The minimum atomic E-state index is -4.38. The van der Waals surface area contributed by atoms with E-state index in [1.165, 1.54) is 12.6 Å². The number of aromatic nitrogens is 1. The van der Waals surface area contributed by atoms with Crippen LogP contribution in [0.5, 0.6) is 0 Å². The van der Waals surface area contributed by atoms with Gasteiger partial charge in [-0.2, -0.15) is 13.2 Å². The van der Waals surface area contributed by atoms with Gasteiger partial charge in [-0.25, -0.2) is 4.98 Å². The van der Waals surface area contributed by atoms with E-state index in [1.807, 2.05) is 0 Å². The molecule has 1 heterocycles. The molecule has 120 valence electrons. The highest BCUT2D eigenvalue weighted by molar-refractivity contribution is 7.11. The van der Waals surface area contributed by atoms with E-state index < -0.39 is 11.2 Å².